The molecule has 0 saturated heterocycles. The van der Waals surface area contributed by atoms with E-state index in [1.54, 1.807) is 18.2 Å². The molecule has 1 aliphatic heterocycles. The zero-order valence-electron chi connectivity index (χ0n) is 11.1. The van der Waals surface area contributed by atoms with Gasteiger partial charge in [-0.1, -0.05) is 0 Å². The van der Waals surface area contributed by atoms with Gasteiger partial charge in [-0.3, -0.25) is 0 Å². The molecular formula is C14H18N2O4. The number of carbonyl (C=O) groups is 1. The molecule has 6 heteroatoms. The molecule has 2 amide bonds. The Morgan fingerprint density at radius 3 is 2.95 bits per heavy atom. The third kappa shape index (κ3) is 2.96. The first-order valence-electron chi connectivity index (χ1n) is 6.86. The maximum atomic E-state index is 11.9. The van der Waals surface area contributed by atoms with Crippen molar-refractivity contribution in [1.29, 1.82) is 0 Å². The van der Waals surface area contributed by atoms with E-state index in [-0.39, 0.29) is 25.0 Å². The molecule has 0 spiro atoms. The highest BCUT2D eigenvalue weighted by Crippen LogP contribution is 2.34. The van der Waals surface area contributed by atoms with E-state index in [0.29, 0.717) is 23.6 Å². The average molecular weight is 278 g/mol. The highest BCUT2D eigenvalue weighted by Gasteiger charge is 2.22. The van der Waals surface area contributed by atoms with Gasteiger partial charge in [0.2, 0.25) is 6.79 Å². The predicted octanol–water partition coefficient (Wildman–Crippen LogP) is 1.84. The Kier molecular flexibility index (Phi) is 3.64. The molecule has 2 atom stereocenters. The van der Waals surface area contributed by atoms with E-state index in [2.05, 4.69) is 10.6 Å². The van der Waals surface area contributed by atoms with Gasteiger partial charge in [0, 0.05) is 17.8 Å². The van der Waals surface area contributed by atoms with Gasteiger partial charge < -0.3 is 25.2 Å². The van der Waals surface area contributed by atoms with Gasteiger partial charge in [0.1, 0.15) is 0 Å². The molecule has 1 aromatic rings. The van der Waals surface area contributed by atoms with Gasteiger partial charge in [-0.05, 0) is 37.8 Å². The van der Waals surface area contributed by atoms with Crippen LogP contribution in [0.5, 0.6) is 11.5 Å². The molecule has 0 radical (unpaired) electrons. The van der Waals surface area contributed by atoms with Gasteiger partial charge in [-0.2, -0.15) is 0 Å². The summed E-state index contributed by atoms with van der Waals surface area (Å²) in [6.07, 6.45) is 2.98. The maximum absolute atomic E-state index is 11.9. The molecule has 6 nitrogen and oxygen atoms in total. The Bertz CT molecular complexity index is 506. The maximum Gasteiger partial charge on any atom is 0.319 e. The average Bonchev–Trinajstić information content (AvgIpc) is 2.86. The molecule has 20 heavy (non-hydrogen) atoms. The van der Waals surface area contributed by atoms with Crippen LogP contribution in [0.25, 0.3) is 0 Å². The SMILES string of the molecule is O=C(Nc1ccc2c(c1)OCO2)N[C@@H]1CCC[C@H](O)C1. The number of hydrogen-bond acceptors (Lipinski definition) is 4. The van der Waals surface area contributed by atoms with Gasteiger partial charge in [0.05, 0.1) is 6.10 Å². The number of carbonyl (C=O) groups excluding carboxylic acids is 1. The van der Waals surface area contributed by atoms with Crippen LogP contribution in [-0.2, 0) is 0 Å². The summed E-state index contributed by atoms with van der Waals surface area (Å²) in [5.74, 6) is 1.32. The molecule has 0 aromatic heterocycles. The highest BCUT2D eigenvalue weighted by molar-refractivity contribution is 5.89. The number of aliphatic hydroxyl groups is 1. The van der Waals surface area contributed by atoms with E-state index in [9.17, 15) is 9.90 Å². The number of anilines is 1. The number of ether oxygens (including phenoxy) is 2. The third-order valence-electron chi connectivity index (χ3n) is 3.61. The van der Waals surface area contributed by atoms with Crippen molar-refractivity contribution >= 4 is 11.7 Å². The number of fused-ring (bicyclic) bond motifs is 1. The van der Waals surface area contributed by atoms with Gasteiger partial charge in [0.25, 0.3) is 0 Å². The molecular weight excluding hydrogens is 260 g/mol. The summed E-state index contributed by atoms with van der Waals surface area (Å²) in [6.45, 7) is 0.213. The first-order chi connectivity index (χ1) is 9.70. The first kappa shape index (κ1) is 13.1. The van der Waals surface area contributed by atoms with Crippen LogP contribution in [0.4, 0.5) is 10.5 Å². The Balaban J connectivity index is 1.56. The lowest BCUT2D eigenvalue weighted by molar-refractivity contribution is 0.114. The van der Waals surface area contributed by atoms with Crippen LogP contribution in [0.1, 0.15) is 25.7 Å². The van der Waals surface area contributed by atoms with Crippen LogP contribution in [0, 0.1) is 0 Å². The number of amides is 2. The van der Waals surface area contributed by atoms with Gasteiger partial charge in [-0.15, -0.1) is 0 Å². The standard InChI is InChI=1S/C14H18N2O4/c17-11-3-1-2-9(6-11)15-14(18)16-10-4-5-12-13(7-10)20-8-19-12/h4-5,7,9,11,17H,1-3,6,8H2,(H2,15,16,18)/t9-,11+/m1/s1. The molecule has 3 N–H and O–H groups in total. The summed E-state index contributed by atoms with van der Waals surface area (Å²) < 4.78 is 10.5. The van der Waals surface area contributed by atoms with Crippen molar-refractivity contribution in [2.75, 3.05) is 12.1 Å². The summed E-state index contributed by atoms with van der Waals surface area (Å²) in [7, 11) is 0. The van der Waals surface area contributed by atoms with Crippen molar-refractivity contribution in [2.24, 2.45) is 0 Å². The van der Waals surface area contributed by atoms with Crippen molar-refractivity contribution < 1.29 is 19.4 Å². The van der Waals surface area contributed by atoms with E-state index in [0.717, 1.165) is 19.3 Å². The second kappa shape index (κ2) is 5.58. The number of rotatable bonds is 2. The molecule has 1 fully saturated rings. The second-order valence-corrected chi connectivity index (χ2v) is 5.18. The summed E-state index contributed by atoms with van der Waals surface area (Å²) in [4.78, 5) is 11.9. The molecule has 1 heterocycles. The topological polar surface area (TPSA) is 79.8 Å². The summed E-state index contributed by atoms with van der Waals surface area (Å²) >= 11 is 0. The largest absolute Gasteiger partial charge is 0.454 e. The van der Waals surface area contributed by atoms with Crippen LogP contribution in [0.15, 0.2) is 18.2 Å². The number of nitrogens with one attached hydrogen (secondary N) is 2. The van der Waals surface area contributed by atoms with E-state index in [1.807, 2.05) is 0 Å². The lowest BCUT2D eigenvalue weighted by Gasteiger charge is -2.26. The first-order valence-corrected chi connectivity index (χ1v) is 6.86. The van der Waals surface area contributed by atoms with Gasteiger partial charge in [-0.25, -0.2) is 4.79 Å². The number of aliphatic hydroxyl groups excluding tert-OH is 1. The minimum atomic E-state index is -0.306. The minimum Gasteiger partial charge on any atom is -0.454 e. The highest BCUT2D eigenvalue weighted by atomic mass is 16.7. The number of urea groups is 1. The van der Waals surface area contributed by atoms with Crippen LogP contribution < -0.4 is 20.1 Å². The van der Waals surface area contributed by atoms with Gasteiger partial charge in [0.15, 0.2) is 11.5 Å². The van der Waals surface area contributed by atoms with Crippen molar-refractivity contribution in [3.63, 3.8) is 0 Å². The van der Waals surface area contributed by atoms with E-state index in [4.69, 9.17) is 9.47 Å². The van der Waals surface area contributed by atoms with E-state index < -0.39 is 0 Å². The second-order valence-electron chi connectivity index (χ2n) is 5.18. The van der Waals surface area contributed by atoms with Crippen LogP contribution in [0.2, 0.25) is 0 Å². The molecule has 2 aliphatic rings. The van der Waals surface area contributed by atoms with Crippen molar-refractivity contribution in [2.45, 2.75) is 37.8 Å². The lowest BCUT2D eigenvalue weighted by Crippen LogP contribution is -2.41. The van der Waals surface area contributed by atoms with Crippen molar-refractivity contribution in [1.82, 2.24) is 5.32 Å². The number of hydrogen-bond donors (Lipinski definition) is 3. The molecule has 3 rings (SSSR count). The van der Waals surface area contributed by atoms with Crippen LogP contribution in [0.3, 0.4) is 0 Å². The molecule has 1 aliphatic carbocycles. The molecule has 1 saturated carbocycles. The minimum absolute atomic E-state index is 0.0350. The zero-order valence-corrected chi connectivity index (χ0v) is 11.1. The number of benzene rings is 1. The molecule has 0 unspecified atom stereocenters. The third-order valence-corrected chi connectivity index (χ3v) is 3.61. The smallest absolute Gasteiger partial charge is 0.319 e. The molecule has 108 valence electrons. The monoisotopic (exact) mass is 278 g/mol. The Labute approximate surface area is 117 Å². The van der Waals surface area contributed by atoms with Crippen LogP contribution in [-0.4, -0.2) is 30.1 Å². The summed E-state index contributed by atoms with van der Waals surface area (Å²) in [5, 5.41) is 15.2. The molecule has 0 bridgehead atoms. The van der Waals surface area contributed by atoms with Crippen molar-refractivity contribution in [3.05, 3.63) is 18.2 Å². The van der Waals surface area contributed by atoms with E-state index >= 15 is 0 Å². The fourth-order valence-electron chi connectivity index (χ4n) is 2.62. The lowest BCUT2D eigenvalue weighted by atomic mass is 9.93. The van der Waals surface area contributed by atoms with E-state index in [1.165, 1.54) is 0 Å². The Morgan fingerprint density at radius 1 is 1.25 bits per heavy atom. The van der Waals surface area contributed by atoms with Crippen molar-refractivity contribution in [3.8, 4) is 11.5 Å². The van der Waals surface area contributed by atoms with Gasteiger partial charge >= 0.3 is 6.03 Å². The van der Waals surface area contributed by atoms with Crippen LogP contribution >= 0.6 is 0 Å². The summed E-state index contributed by atoms with van der Waals surface area (Å²) in [6, 6.07) is 5.04. The Hall–Kier alpha value is -1.95. The fraction of sp³-hybridized carbons (Fsp3) is 0.500. The summed E-state index contributed by atoms with van der Waals surface area (Å²) in [5.41, 5.74) is 0.656. The fourth-order valence-corrected chi connectivity index (χ4v) is 2.62. The normalized spacial score (nSPS) is 24.2. The Morgan fingerprint density at radius 2 is 2.10 bits per heavy atom. The predicted molar refractivity (Wildman–Crippen MR) is 73.0 cm³/mol. The zero-order chi connectivity index (χ0) is 13.9. The molecule has 1 aromatic carbocycles. The quantitative estimate of drug-likeness (QED) is 0.771.